The summed E-state index contributed by atoms with van der Waals surface area (Å²) in [7, 11) is 0. The molecule has 2 fully saturated rings. The fourth-order valence-corrected chi connectivity index (χ4v) is 3.18. The third-order valence-electron chi connectivity index (χ3n) is 4.18. The molecule has 2 aliphatic heterocycles. The summed E-state index contributed by atoms with van der Waals surface area (Å²) >= 11 is 0. The lowest BCUT2D eigenvalue weighted by molar-refractivity contribution is 0.208. The second-order valence-corrected chi connectivity index (χ2v) is 5.22. The quantitative estimate of drug-likeness (QED) is 0.769. The highest BCUT2D eigenvalue weighted by atomic mass is 15.2. The first-order chi connectivity index (χ1) is 8.43. The van der Waals surface area contributed by atoms with Crippen molar-refractivity contribution in [3.8, 4) is 0 Å². The fraction of sp³-hybridized carbons (Fsp3) is 0.600. The summed E-state index contributed by atoms with van der Waals surface area (Å²) in [4.78, 5) is 5.21. The van der Waals surface area contributed by atoms with Crippen molar-refractivity contribution < 1.29 is 0 Å². The van der Waals surface area contributed by atoms with Crippen LogP contribution in [0.1, 0.15) is 25.7 Å². The molecule has 1 radical (unpaired) electrons. The maximum Gasteiger partial charge on any atom is 0.0372 e. The number of nitrogens with zero attached hydrogens (tertiary/aromatic N) is 2. The van der Waals surface area contributed by atoms with Gasteiger partial charge in [0.05, 0.1) is 0 Å². The van der Waals surface area contributed by atoms with E-state index in [9.17, 15) is 0 Å². The Morgan fingerprint density at radius 2 is 1.82 bits per heavy atom. The largest absolute Gasteiger partial charge is 0.371 e. The van der Waals surface area contributed by atoms with Crippen molar-refractivity contribution in [2.45, 2.75) is 31.7 Å². The van der Waals surface area contributed by atoms with E-state index < -0.39 is 0 Å². The summed E-state index contributed by atoms with van der Waals surface area (Å²) in [6.45, 7) is 5.09. The molecule has 2 saturated heterocycles. The Morgan fingerprint density at radius 3 is 2.47 bits per heavy atom. The van der Waals surface area contributed by atoms with Crippen molar-refractivity contribution in [3.05, 3.63) is 30.3 Å². The van der Waals surface area contributed by atoms with Crippen LogP contribution in [0.3, 0.4) is 0 Å². The van der Waals surface area contributed by atoms with E-state index in [1.807, 2.05) is 6.07 Å². The summed E-state index contributed by atoms with van der Waals surface area (Å²) in [5.74, 6) is 0. The number of benzene rings is 1. The van der Waals surface area contributed by atoms with E-state index in [2.05, 4.69) is 34.1 Å². The van der Waals surface area contributed by atoms with Gasteiger partial charge in [0.15, 0.2) is 0 Å². The third-order valence-corrected chi connectivity index (χ3v) is 4.18. The van der Waals surface area contributed by atoms with E-state index in [1.165, 1.54) is 57.5 Å². The van der Waals surface area contributed by atoms with Gasteiger partial charge in [-0.05, 0) is 57.0 Å². The number of piperidine rings is 1. The Bertz CT molecular complexity index is 335. The lowest BCUT2D eigenvalue weighted by Gasteiger charge is -2.37. The highest BCUT2D eigenvalue weighted by Gasteiger charge is 2.26. The molecule has 0 unspecified atom stereocenters. The molecule has 2 heteroatoms. The lowest BCUT2D eigenvalue weighted by atomic mass is 10.0. The van der Waals surface area contributed by atoms with Crippen LogP contribution in [0.4, 0.5) is 5.69 Å². The minimum atomic E-state index is 0.849. The van der Waals surface area contributed by atoms with Gasteiger partial charge in [0.25, 0.3) is 0 Å². The monoisotopic (exact) mass is 229 g/mol. The molecule has 91 valence electrons. The van der Waals surface area contributed by atoms with Gasteiger partial charge in [-0.3, -0.25) is 0 Å². The van der Waals surface area contributed by atoms with Crippen molar-refractivity contribution >= 4 is 5.69 Å². The van der Waals surface area contributed by atoms with E-state index in [1.54, 1.807) is 0 Å². The van der Waals surface area contributed by atoms with Gasteiger partial charge in [0.1, 0.15) is 0 Å². The molecule has 0 bridgehead atoms. The number of rotatable bonds is 2. The molecule has 0 aliphatic carbocycles. The average molecular weight is 229 g/mol. The molecule has 0 spiro atoms. The average Bonchev–Trinajstić information content (AvgIpc) is 2.94. The van der Waals surface area contributed by atoms with Crippen molar-refractivity contribution in [3.63, 3.8) is 0 Å². The molecule has 2 aliphatic rings. The highest BCUT2D eigenvalue weighted by molar-refractivity contribution is 5.45. The molecule has 0 N–H and O–H groups in total. The van der Waals surface area contributed by atoms with Gasteiger partial charge in [-0.25, -0.2) is 0 Å². The van der Waals surface area contributed by atoms with E-state index in [4.69, 9.17) is 0 Å². The first kappa shape index (κ1) is 11.1. The standard InChI is InChI=1S/C15H21N2/c1-2-6-14(7-3-1)17-12-8-15(9-13-17)16-10-4-5-11-16/h1-2,6-7,15H,4-5,8-13H2. The van der Waals surface area contributed by atoms with Gasteiger partial charge in [0.2, 0.25) is 0 Å². The van der Waals surface area contributed by atoms with Gasteiger partial charge in [-0.1, -0.05) is 12.1 Å². The maximum absolute atomic E-state index is 3.17. The van der Waals surface area contributed by atoms with Gasteiger partial charge in [-0.2, -0.15) is 0 Å². The zero-order valence-corrected chi connectivity index (χ0v) is 10.4. The van der Waals surface area contributed by atoms with E-state index in [0.29, 0.717) is 0 Å². The minimum Gasteiger partial charge on any atom is -0.371 e. The van der Waals surface area contributed by atoms with Crippen molar-refractivity contribution in [2.24, 2.45) is 0 Å². The van der Waals surface area contributed by atoms with Crippen LogP contribution in [0.25, 0.3) is 0 Å². The predicted molar refractivity (Wildman–Crippen MR) is 71.3 cm³/mol. The van der Waals surface area contributed by atoms with Crippen molar-refractivity contribution in [2.75, 3.05) is 31.1 Å². The molecule has 3 rings (SSSR count). The van der Waals surface area contributed by atoms with Crippen LogP contribution in [0.15, 0.2) is 24.3 Å². The molecular formula is C15H21N2. The van der Waals surface area contributed by atoms with Gasteiger partial charge >= 0.3 is 0 Å². The Labute approximate surface area is 104 Å². The molecule has 0 aromatic heterocycles. The third kappa shape index (κ3) is 2.47. The highest BCUT2D eigenvalue weighted by Crippen LogP contribution is 2.24. The number of hydrogen-bond acceptors (Lipinski definition) is 2. The number of likely N-dealkylation sites (tertiary alicyclic amines) is 1. The second kappa shape index (κ2) is 5.09. The zero-order valence-electron chi connectivity index (χ0n) is 10.4. The molecule has 0 atom stereocenters. The van der Waals surface area contributed by atoms with Crippen LogP contribution in [0.2, 0.25) is 0 Å². The molecule has 0 saturated carbocycles. The Morgan fingerprint density at radius 1 is 1.06 bits per heavy atom. The smallest absolute Gasteiger partial charge is 0.0372 e. The van der Waals surface area contributed by atoms with E-state index >= 15 is 0 Å². The summed E-state index contributed by atoms with van der Waals surface area (Å²) < 4.78 is 0. The van der Waals surface area contributed by atoms with Gasteiger partial charge < -0.3 is 9.80 Å². The first-order valence-electron chi connectivity index (χ1n) is 6.88. The van der Waals surface area contributed by atoms with Crippen LogP contribution < -0.4 is 4.90 Å². The van der Waals surface area contributed by atoms with Gasteiger partial charge in [-0.15, -0.1) is 0 Å². The topological polar surface area (TPSA) is 6.48 Å². The van der Waals surface area contributed by atoms with Gasteiger partial charge in [0, 0.05) is 24.8 Å². The minimum absolute atomic E-state index is 0.849. The second-order valence-electron chi connectivity index (χ2n) is 5.22. The Kier molecular flexibility index (Phi) is 3.32. The summed E-state index contributed by atoms with van der Waals surface area (Å²) in [5, 5.41) is 0. The summed E-state index contributed by atoms with van der Waals surface area (Å²) in [6.07, 6.45) is 5.48. The molecule has 1 aromatic carbocycles. The number of anilines is 1. The Hall–Kier alpha value is -1.02. The van der Waals surface area contributed by atoms with Crippen LogP contribution in [-0.2, 0) is 0 Å². The predicted octanol–water partition coefficient (Wildman–Crippen LogP) is 2.55. The summed E-state index contributed by atoms with van der Waals surface area (Å²) in [5.41, 5.74) is 1.34. The number of hydrogen-bond donors (Lipinski definition) is 0. The van der Waals surface area contributed by atoms with Crippen molar-refractivity contribution in [1.82, 2.24) is 4.90 Å². The lowest BCUT2D eigenvalue weighted by Crippen LogP contribution is -2.43. The molecule has 2 nitrogen and oxygen atoms in total. The van der Waals surface area contributed by atoms with Crippen LogP contribution >= 0.6 is 0 Å². The summed E-state index contributed by atoms with van der Waals surface area (Å²) in [6, 6.07) is 12.4. The van der Waals surface area contributed by atoms with Crippen LogP contribution in [0.5, 0.6) is 0 Å². The molecule has 17 heavy (non-hydrogen) atoms. The first-order valence-corrected chi connectivity index (χ1v) is 6.88. The normalized spacial score (nSPS) is 23.2. The zero-order chi connectivity index (χ0) is 11.5. The van der Waals surface area contributed by atoms with Crippen LogP contribution in [0, 0.1) is 6.07 Å². The molecule has 2 heterocycles. The Balaban J connectivity index is 1.57. The van der Waals surface area contributed by atoms with Crippen molar-refractivity contribution in [1.29, 1.82) is 0 Å². The fourth-order valence-electron chi connectivity index (χ4n) is 3.18. The van der Waals surface area contributed by atoms with Crippen LogP contribution in [-0.4, -0.2) is 37.1 Å². The molecule has 1 aromatic rings. The molecular weight excluding hydrogens is 208 g/mol. The van der Waals surface area contributed by atoms with E-state index in [-0.39, 0.29) is 0 Å². The maximum atomic E-state index is 3.17. The molecule has 0 amide bonds. The SMILES string of the molecule is [c]1cccc(N2CCC(N3CCCC3)CC2)c1. The van der Waals surface area contributed by atoms with E-state index in [0.717, 1.165) is 6.04 Å².